The molecule has 0 atom stereocenters. The number of hydrogen-bond acceptors (Lipinski definition) is 6. The van der Waals surface area contributed by atoms with Gasteiger partial charge in [0.15, 0.2) is 0 Å². The van der Waals surface area contributed by atoms with Gasteiger partial charge in [0.05, 0.1) is 4.58 Å². The Morgan fingerprint density at radius 2 is 1.43 bits per heavy atom. The first-order valence-electron chi connectivity index (χ1n) is 7.04. The van der Waals surface area contributed by atoms with Gasteiger partial charge in [0.1, 0.15) is 13.2 Å². The van der Waals surface area contributed by atoms with Crippen LogP contribution in [0.25, 0.3) is 0 Å². The molecule has 0 saturated carbocycles. The Bertz CT molecular complexity index is 489. The molecule has 0 aliphatic carbocycles. The number of ether oxygens (including phenoxy) is 2. The van der Waals surface area contributed by atoms with E-state index >= 15 is 0 Å². The number of esters is 2. The molecule has 1 rings (SSSR count). The zero-order valence-electron chi connectivity index (χ0n) is 12.8. The third-order valence-corrected chi connectivity index (χ3v) is 5.37. The third-order valence-electron chi connectivity index (χ3n) is 2.60. The first-order chi connectivity index (χ1) is 11.2. The van der Waals surface area contributed by atoms with Crippen molar-refractivity contribution in [2.24, 2.45) is 0 Å². The highest BCUT2D eigenvalue weighted by Gasteiger charge is 2.13. The summed E-state index contributed by atoms with van der Waals surface area (Å²) in [5, 5.41) is 0. The summed E-state index contributed by atoms with van der Waals surface area (Å²) >= 11 is 3.37. The van der Waals surface area contributed by atoms with Gasteiger partial charge in [-0.05, 0) is 5.56 Å². The van der Waals surface area contributed by atoms with Crippen molar-refractivity contribution in [1.82, 2.24) is 0 Å². The van der Waals surface area contributed by atoms with Gasteiger partial charge in [0, 0.05) is 23.7 Å². The highest BCUT2D eigenvalue weighted by molar-refractivity contribution is 8.16. The molecule has 0 aliphatic heterocycles. The first-order valence-corrected chi connectivity index (χ1v) is 9.13. The van der Waals surface area contributed by atoms with E-state index in [1.165, 1.54) is 5.56 Å². The van der Waals surface area contributed by atoms with Crippen LogP contribution >= 0.6 is 23.5 Å². The zero-order valence-corrected chi connectivity index (χ0v) is 14.4. The van der Waals surface area contributed by atoms with E-state index in [4.69, 9.17) is 9.47 Å². The van der Waals surface area contributed by atoms with E-state index in [9.17, 15) is 9.59 Å². The molecule has 0 unspecified atom stereocenters. The molecule has 0 fully saturated rings. The summed E-state index contributed by atoms with van der Waals surface area (Å²) in [6.45, 7) is 7.39. The fraction of sp³-hybridized carbons (Fsp3) is 0.294. The van der Waals surface area contributed by atoms with Crippen molar-refractivity contribution in [2.75, 3.05) is 24.7 Å². The lowest BCUT2D eigenvalue weighted by molar-refractivity contribution is -0.138. The smallest absolute Gasteiger partial charge is 0.330 e. The predicted molar refractivity (Wildman–Crippen MR) is 96.4 cm³/mol. The molecule has 0 saturated heterocycles. The van der Waals surface area contributed by atoms with Crippen LogP contribution < -0.4 is 0 Å². The highest BCUT2D eigenvalue weighted by atomic mass is 32.2. The Hall–Kier alpha value is -1.66. The molecule has 0 radical (unpaired) electrons. The highest BCUT2D eigenvalue weighted by Crippen LogP contribution is 2.39. The van der Waals surface area contributed by atoms with Gasteiger partial charge in [-0.25, -0.2) is 9.59 Å². The summed E-state index contributed by atoms with van der Waals surface area (Å²) in [6.07, 6.45) is 2.31. The van der Waals surface area contributed by atoms with Crippen LogP contribution in [0.5, 0.6) is 0 Å². The van der Waals surface area contributed by atoms with Crippen LogP contribution in [0, 0.1) is 0 Å². The van der Waals surface area contributed by atoms with E-state index in [1.54, 1.807) is 23.5 Å². The predicted octanol–water partition coefficient (Wildman–Crippen LogP) is 3.61. The van der Waals surface area contributed by atoms with Crippen LogP contribution in [0.4, 0.5) is 0 Å². The number of benzene rings is 1. The Morgan fingerprint density at radius 1 is 0.957 bits per heavy atom. The molecule has 23 heavy (non-hydrogen) atoms. The summed E-state index contributed by atoms with van der Waals surface area (Å²) in [6, 6.07) is 10.0. The van der Waals surface area contributed by atoms with Gasteiger partial charge in [-0.3, -0.25) is 0 Å². The Labute approximate surface area is 145 Å². The second-order valence-electron chi connectivity index (χ2n) is 4.23. The molecule has 0 aliphatic rings. The normalized spacial score (nSPS) is 10.1. The SMILES string of the molecule is C=CC(=O)OCCSC(SCCOC(=O)C=C)c1ccccc1. The monoisotopic (exact) mass is 352 g/mol. The third kappa shape index (κ3) is 8.52. The standard InChI is InChI=1S/C17H20O4S2/c1-3-15(18)20-10-12-22-17(14-8-6-5-7-9-14)23-13-11-21-16(19)4-2/h3-9,17H,1-2,10-13H2. The van der Waals surface area contributed by atoms with E-state index < -0.39 is 11.9 Å². The fourth-order valence-corrected chi connectivity index (χ4v) is 4.01. The second kappa shape index (κ2) is 11.8. The Morgan fingerprint density at radius 3 is 1.87 bits per heavy atom. The van der Waals surface area contributed by atoms with E-state index in [0.29, 0.717) is 24.7 Å². The van der Waals surface area contributed by atoms with Gasteiger partial charge in [0.2, 0.25) is 0 Å². The Kier molecular flexibility index (Phi) is 9.99. The van der Waals surface area contributed by atoms with Gasteiger partial charge in [0.25, 0.3) is 0 Å². The minimum absolute atomic E-state index is 0.182. The van der Waals surface area contributed by atoms with Crippen molar-refractivity contribution < 1.29 is 19.1 Å². The van der Waals surface area contributed by atoms with Crippen molar-refractivity contribution in [3.8, 4) is 0 Å². The van der Waals surface area contributed by atoms with Crippen LogP contribution in [-0.2, 0) is 19.1 Å². The van der Waals surface area contributed by atoms with Gasteiger partial charge in [-0.1, -0.05) is 43.5 Å². The minimum atomic E-state index is -0.411. The number of hydrogen-bond donors (Lipinski definition) is 0. The van der Waals surface area contributed by atoms with Crippen molar-refractivity contribution in [3.05, 3.63) is 61.2 Å². The van der Waals surface area contributed by atoms with E-state index in [2.05, 4.69) is 25.3 Å². The van der Waals surface area contributed by atoms with Crippen LogP contribution in [0.2, 0.25) is 0 Å². The molecule has 0 spiro atoms. The van der Waals surface area contributed by atoms with Crippen LogP contribution in [0.1, 0.15) is 10.1 Å². The summed E-state index contributed by atoms with van der Waals surface area (Å²) in [5.41, 5.74) is 1.17. The van der Waals surface area contributed by atoms with E-state index in [0.717, 1.165) is 12.2 Å². The molecule has 0 bridgehead atoms. The molecular formula is C17H20O4S2. The quantitative estimate of drug-likeness (QED) is 0.262. The summed E-state index contributed by atoms with van der Waals surface area (Å²) < 4.78 is 10.1. The largest absolute Gasteiger partial charge is 0.462 e. The lowest BCUT2D eigenvalue weighted by Crippen LogP contribution is -2.06. The fourth-order valence-electron chi connectivity index (χ4n) is 1.56. The van der Waals surface area contributed by atoms with Crippen molar-refractivity contribution in [2.45, 2.75) is 4.58 Å². The maximum atomic E-state index is 11.0. The molecule has 1 aromatic carbocycles. The number of thioether (sulfide) groups is 2. The zero-order chi connectivity index (χ0) is 16.9. The van der Waals surface area contributed by atoms with E-state index in [-0.39, 0.29) is 4.58 Å². The topological polar surface area (TPSA) is 52.6 Å². The molecule has 0 N–H and O–H groups in total. The van der Waals surface area contributed by atoms with Crippen LogP contribution in [-0.4, -0.2) is 36.7 Å². The van der Waals surface area contributed by atoms with Crippen molar-refractivity contribution >= 4 is 35.5 Å². The van der Waals surface area contributed by atoms with Gasteiger partial charge >= 0.3 is 11.9 Å². The number of rotatable bonds is 11. The summed E-state index contributed by atoms with van der Waals surface area (Å²) in [4.78, 5) is 22.0. The second-order valence-corrected chi connectivity index (χ2v) is 6.95. The average Bonchev–Trinajstić information content (AvgIpc) is 2.60. The average molecular weight is 352 g/mol. The van der Waals surface area contributed by atoms with Crippen molar-refractivity contribution in [3.63, 3.8) is 0 Å². The minimum Gasteiger partial charge on any atom is -0.462 e. The van der Waals surface area contributed by atoms with Crippen molar-refractivity contribution in [1.29, 1.82) is 0 Å². The van der Waals surface area contributed by atoms with Gasteiger partial charge < -0.3 is 9.47 Å². The molecule has 1 aromatic rings. The Balaban J connectivity index is 2.43. The number of carbonyl (C=O) groups is 2. The number of carbonyl (C=O) groups excluding carboxylic acids is 2. The lowest BCUT2D eigenvalue weighted by atomic mass is 10.2. The van der Waals surface area contributed by atoms with Gasteiger partial charge in [-0.2, -0.15) is 0 Å². The lowest BCUT2D eigenvalue weighted by Gasteiger charge is -2.16. The molecule has 4 nitrogen and oxygen atoms in total. The summed E-state index contributed by atoms with van der Waals surface area (Å²) in [7, 11) is 0. The molecular weight excluding hydrogens is 332 g/mol. The molecule has 6 heteroatoms. The molecule has 124 valence electrons. The summed E-state index contributed by atoms with van der Waals surface area (Å²) in [5.74, 6) is 0.536. The molecule has 0 heterocycles. The van der Waals surface area contributed by atoms with Crippen LogP contribution in [0.3, 0.4) is 0 Å². The molecule has 0 amide bonds. The molecule has 0 aromatic heterocycles. The first kappa shape index (κ1) is 19.4. The van der Waals surface area contributed by atoms with Gasteiger partial charge in [-0.15, -0.1) is 23.5 Å². The van der Waals surface area contributed by atoms with E-state index in [1.807, 2.05) is 18.2 Å². The maximum Gasteiger partial charge on any atom is 0.330 e. The maximum absolute atomic E-state index is 11.0. The van der Waals surface area contributed by atoms with Crippen LogP contribution in [0.15, 0.2) is 55.6 Å².